The number of aromatic carboxylic acids is 1. The lowest BCUT2D eigenvalue weighted by molar-refractivity contribution is -0.385. The van der Waals surface area contributed by atoms with Gasteiger partial charge in [0.05, 0.1) is 38.2 Å². The molecular weight excluding hydrogens is 286 g/mol. The molecule has 0 fully saturated rings. The van der Waals surface area contributed by atoms with Crippen molar-refractivity contribution >= 4 is 17.6 Å². The second-order valence-electron chi connectivity index (χ2n) is 3.76. The van der Waals surface area contributed by atoms with Crippen molar-refractivity contribution in [1.29, 1.82) is 0 Å². The third-order valence-electron chi connectivity index (χ3n) is 2.50. The van der Waals surface area contributed by atoms with Crippen molar-refractivity contribution in [2.24, 2.45) is 0 Å². The third kappa shape index (κ3) is 4.06. The first-order chi connectivity index (χ1) is 9.90. The van der Waals surface area contributed by atoms with Gasteiger partial charge < -0.3 is 19.3 Å². The van der Waals surface area contributed by atoms with E-state index < -0.39 is 28.1 Å². The Bertz CT molecular complexity index is 569. The minimum Gasteiger partial charge on any atom is -0.493 e. The van der Waals surface area contributed by atoms with Gasteiger partial charge in [0, 0.05) is 6.07 Å². The van der Waals surface area contributed by atoms with Crippen molar-refractivity contribution in [1.82, 2.24) is 0 Å². The smallest absolute Gasteiger partial charge is 0.342 e. The average Bonchev–Trinajstić information content (AvgIpc) is 2.45. The Morgan fingerprint density at radius 1 is 1.29 bits per heavy atom. The van der Waals surface area contributed by atoms with Crippen molar-refractivity contribution in [3.63, 3.8) is 0 Å². The number of hydrogen-bond acceptors (Lipinski definition) is 7. The molecule has 114 valence electrons. The molecule has 1 aromatic rings. The van der Waals surface area contributed by atoms with Crippen LogP contribution in [0, 0.1) is 10.1 Å². The molecule has 1 N–H and O–H groups in total. The Kier molecular flexibility index (Phi) is 5.47. The van der Waals surface area contributed by atoms with Crippen molar-refractivity contribution in [2.75, 3.05) is 20.8 Å². The largest absolute Gasteiger partial charge is 0.493 e. The normalized spacial score (nSPS) is 9.81. The van der Waals surface area contributed by atoms with E-state index >= 15 is 0 Å². The Morgan fingerprint density at radius 3 is 2.43 bits per heavy atom. The summed E-state index contributed by atoms with van der Waals surface area (Å²) in [6, 6.07) is 1.94. The lowest BCUT2D eigenvalue weighted by atomic mass is 10.1. The van der Waals surface area contributed by atoms with E-state index in [1.807, 2.05) is 0 Å². The number of carbonyl (C=O) groups excluding carboxylic acids is 1. The summed E-state index contributed by atoms with van der Waals surface area (Å²) in [5.41, 5.74) is -1.14. The molecule has 0 amide bonds. The molecule has 1 rings (SSSR count). The number of nitrogens with zero attached hydrogens (tertiary/aromatic N) is 1. The van der Waals surface area contributed by atoms with Crippen LogP contribution in [-0.4, -0.2) is 42.8 Å². The highest BCUT2D eigenvalue weighted by atomic mass is 16.6. The summed E-state index contributed by atoms with van der Waals surface area (Å²) in [4.78, 5) is 32.0. The molecule has 0 aromatic heterocycles. The van der Waals surface area contributed by atoms with Crippen LogP contribution >= 0.6 is 0 Å². The molecule has 0 atom stereocenters. The zero-order valence-electron chi connectivity index (χ0n) is 11.3. The highest BCUT2D eigenvalue weighted by Crippen LogP contribution is 2.34. The van der Waals surface area contributed by atoms with E-state index in [0.717, 1.165) is 12.1 Å². The fourth-order valence-electron chi connectivity index (χ4n) is 1.49. The SMILES string of the molecule is COC(=O)CCOc1cc([N+](=O)[O-])c(C(=O)O)cc1OC. The predicted octanol–water partition coefficient (Wildman–Crippen LogP) is 1.24. The van der Waals surface area contributed by atoms with Crippen molar-refractivity contribution in [3.8, 4) is 11.5 Å². The molecule has 0 aliphatic heterocycles. The summed E-state index contributed by atoms with van der Waals surface area (Å²) >= 11 is 0. The summed E-state index contributed by atoms with van der Waals surface area (Å²) in [6.07, 6.45) is -0.0614. The molecule has 9 heteroatoms. The number of nitro benzene ring substituents is 1. The Balaban J connectivity index is 3.07. The summed E-state index contributed by atoms with van der Waals surface area (Å²) in [5.74, 6) is -1.98. The van der Waals surface area contributed by atoms with Gasteiger partial charge in [0.15, 0.2) is 11.5 Å². The van der Waals surface area contributed by atoms with E-state index in [9.17, 15) is 19.7 Å². The molecule has 9 nitrogen and oxygen atoms in total. The lowest BCUT2D eigenvalue weighted by Gasteiger charge is -2.11. The highest BCUT2D eigenvalue weighted by Gasteiger charge is 2.24. The molecule has 0 bridgehead atoms. The second kappa shape index (κ2) is 7.08. The Morgan fingerprint density at radius 2 is 1.95 bits per heavy atom. The number of carboxylic acids is 1. The summed E-state index contributed by atoms with van der Waals surface area (Å²) in [6.45, 7) is -0.0907. The van der Waals surface area contributed by atoms with Crippen LogP contribution in [0.1, 0.15) is 16.8 Å². The summed E-state index contributed by atoms with van der Waals surface area (Å²) < 4.78 is 14.6. The van der Waals surface area contributed by atoms with Gasteiger partial charge in [0.1, 0.15) is 5.56 Å². The fourth-order valence-corrected chi connectivity index (χ4v) is 1.49. The topological polar surface area (TPSA) is 125 Å². The van der Waals surface area contributed by atoms with Crippen LogP contribution in [0.2, 0.25) is 0 Å². The van der Waals surface area contributed by atoms with E-state index in [4.69, 9.17) is 14.6 Å². The first kappa shape index (κ1) is 16.2. The van der Waals surface area contributed by atoms with Gasteiger partial charge in [-0.2, -0.15) is 0 Å². The number of methoxy groups -OCH3 is 2. The second-order valence-corrected chi connectivity index (χ2v) is 3.76. The Hall–Kier alpha value is -2.84. The quantitative estimate of drug-likeness (QED) is 0.453. The number of ether oxygens (including phenoxy) is 3. The molecule has 0 heterocycles. The maximum atomic E-state index is 11.0. The van der Waals surface area contributed by atoms with Crippen LogP contribution in [0.25, 0.3) is 0 Å². The number of hydrogen-bond donors (Lipinski definition) is 1. The minimum absolute atomic E-state index is 0.0165. The van der Waals surface area contributed by atoms with E-state index in [-0.39, 0.29) is 24.5 Å². The van der Waals surface area contributed by atoms with Crippen molar-refractivity contribution in [3.05, 3.63) is 27.8 Å². The molecule has 0 aliphatic rings. The van der Waals surface area contributed by atoms with Gasteiger partial charge in [-0.05, 0) is 0 Å². The standard InChI is InChI=1S/C12H13NO8/c1-19-9-5-7(12(15)16)8(13(17)18)6-10(9)21-4-3-11(14)20-2/h5-6H,3-4H2,1-2H3,(H,15,16). The lowest BCUT2D eigenvalue weighted by Crippen LogP contribution is -2.09. The van der Waals surface area contributed by atoms with E-state index in [2.05, 4.69) is 4.74 Å². The molecule has 0 spiro atoms. The van der Waals surface area contributed by atoms with Gasteiger partial charge in [-0.15, -0.1) is 0 Å². The van der Waals surface area contributed by atoms with Gasteiger partial charge in [0.25, 0.3) is 5.69 Å². The zero-order chi connectivity index (χ0) is 16.0. The van der Waals surface area contributed by atoms with Crippen molar-refractivity contribution in [2.45, 2.75) is 6.42 Å². The van der Waals surface area contributed by atoms with Crippen LogP contribution in [0.15, 0.2) is 12.1 Å². The van der Waals surface area contributed by atoms with Crippen LogP contribution < -0.4 is 9.47 Å². The van der Waals surface area contributed by atoms with Crippen LogP contribution in [-0.2, 0) is 9.53 Å². The molecule has 0 radical (unpaired) electrons. The van der Waals surface area contributed by atoms with Crippen LogP contribution in [0.3, 0.4) is 0 Å². The number of carboxylic acid groups (broad SMARTS) is 1. The van der Waals surface area contributed by atoms with Gasteiger partial charge in [0.2, 0.25) is 0 Å². The third-order valence-corrected chi connectivity index (χ3v) is 2.50. The summed E-state index contributed by atoms with van der Waals surface area (Å²) in [7, 11) is 2.48. The Labute approximate surface area is 119 Å². The average molecular weight is 299 g/mol. The molecule has 1 aromatic carbocycles. The first-order valence-electron chi connectivity index (χ1n) is 5.70. The number of rotatable bonds is 7. The molecule has 0 saturated carbocycles. The maximum absolute atomic E-state index is 11.0. The zero-order valence-corrected chi connectivity index (χ0v) is 11.3. The van der Waals surface area contributed by atoms with E-state index in [1.165, 1.54) is 14.2 Å². The van der Waals surface area contributed by atoms with Gasteiger partial charge in [-0.1, -0.05) is 0 Å². The van der Waals surface area contributed by atoms with E-state index in [0.29, 0.717) is 0 Å². The van der Waals surface area contributed by atoms with E-state index in [1.54, 1.807) is 0 Å². The van der Waals surface area contributed by atoms with Crippen LogP contribution in [0.4, 0.5) is 5.69 Å². The minimum atomic E-state index is -1.46. The highest BCUT2D eigenvalue weighted by molar-refractivity contribution is 5.93. The number of esters is 1. The molecule has 21 heavy (non-hydrogen) atoms. The number of nitro groups is 1. The van der Waals surface area contributed by atoms with Gasteiger partial charge in [-0.3, -0.25) is 14.9 Å². The summed E-state index contributed by atoms with van der Waals surface area (Å²) in [5, 5.41) is 19.8. The first-order valence-corrected chi connectivity index (χ1v) is 5.70. The van der Waals surface area contributed by atoms with Gasteiger partial charge in [-0.25, -0.2) is 4.79 Å². The molecule has 0 unspecified atom stereocenters. The maximum Gasteiger partial charge on any atom is 0.342 e. The van der Waals surface area contributed by atoms with Crippen molar-refractivity contribution < 1.29 is 33.8 Å². The molecular formula is C12H13NO8. The van der Waals surface area contributed by atoms with Crippen LogP contribution in [0.5, 0.6) is 11.5 Å². The number of benzene rings is 1. The fraction of sp³-hybridized carbons (Fsp3) is 0.333. The molecule has 0 aliphatic carbocycles. The predicted molar refractivity (Wildman–Crippen MR) is 68.7 cm³/mol. The number of carbonyl (C=O) groups is 2. The van der Waals surface area contributed by atoms with Gasteiger partial charge >= 0.3 is 11.9 Å². The monoisotopic (exact) mass is 299 g/mol. The molecule has 0 saturated heterocycles.